The zero-order chi connectivity index (χ0) is 25.0. The highest BCUT2D eigenvalue weighted by atomic mass is 32.2. The van der Waals surface area contributed by atoms with E-state index in [-0.39, 0.29) is 30.8 Å². The van der Waals surface area contributed by atoms with Crippen molar-refractivity contribution in [1.82, 2.24) is 15.1 Å². The lowest BCUT2D eigenvalue weighted by Crippen LogP contribution is -2.58. The summed E-state index contributed by atoms with van der Waals surface area (Å²) in [6.07, 6.45) is -0.801. The average Bonchev–Trinajstić information content (AvgIpc) is 3.28. The molecule has 0 spiro atoms. The van der Waals surface area contributed by atoms with Crippen molar-refractivity contribution in [2.45, 2.75) is 42.0 Å². The fourth-order valence-electron chi connectivity index (χ4n) is 4.55. The molecule has 14 heteroatoms. The van der Waals surface area contributed by atoms with Crippen molar-refractivity contribution < 1.29 is 47.7 Å². The van der Waals surface area contributed by atoms with E-state index in [1.807, 2.05) is 0 Å². The molecular weight excluding hydrogens is 474 g/mol. The lowest BCUT2D eigenvalue weighted by Gasteiger charge is -2.35. The Labute approximate surface area is 193 Å². The normalized spacial score (nSPS) is 29.3. The summed E-state index contributed by atoms with van der Waals surface area (Å²) < 4.78 is 28.9. The number of amides is 3. The van der Waals surface area contributed by atoms with Gasteiger partial charge in [-0.2, -0.15) is 0 Å². The molecule has 0 saturated carbocycles. The molecule has 1 unspecified atom stereocenters. The van der Waals surface area contributed by atoms with E-state index >= 15 is 0 Å². The molecule has 3 aliphatic heterocycles. The molecule has 184 valence electrons. The zero-order valence-electron chi connectivity index (χ0n) is 18.0. The number of fused-ring (bicyclic) bond motifs is 1. The summed E-state index contributed by atoms with van der Waals surface area (Å²) in [5.74, 6) is -3.44. The first-order chi connectivity index (χ1) is 15.9. The van der Waals surface area contributed by atoms with Crippen molar-refractivity contribution in [3.05, 3.63) is 23.8 Å². The highest BCUT2D eigenvalue weighted by Crippen LogP contribution is 2.46. The van der Waals surface area contributed by atoms with Crippen LogP contribution in [0.4, 0.5) is 4.79 Å². The van der Waals surface area contributed by atoms with Crippen molar-refractivity contribution >= 4 is 33.7 Å². The molecule has 1 aromatic carbocycles. The summed E-state index contributed by atoms with van der Waals surface area (Å²) in [6, 6.07) is 1.47. The second-order valence-electron chi connectivity index (χ2n) is 8.72. The van der Waals surface area contributed by atoms with E-state index in [9.17, 15) is 42.9 Å². The van der Waals surface area contributed by atoms with Gasteiger partial charge in [-0.3, -0.25) is 9.59 Å². The zero-order valence-corrected chi connectivity index (χ0v) is 18.8. The van der Waals surface area contributed by atoms with Crippen LogP contribution >= 0.6 is 0 Å². The van der Waals surface area contributed by atoms with Crippen LogP contribution in [0.5, 0.6) is 11.5 Å². The third-order valence-electron chi connectivity index (χ3n) is 6.55. The molecule has 13 nitrogen and oxygen atoms in total. The lowest BCUT2D eigenvalue weighted by molar-refractivity contribution is -0.158. The molecule has 1 aromatic rings. The minimum atomic E-state index is -4.10. The van der Waals surface area contributed by atoms with Crippen LogP contribution in [0.2, 0.25) is 0 Å². The number of carbonyl (C=O) groups excluding carboxylic acids is 3. The van der Waals surface area contributed by atoms with E-state index in [0.29, 0.717) is 6.42 Å². The van der Waals surface area contributed by atoms with Gasteiger partial charge < -0.3 is 35.2 Å². The number of aromatic hydroxyl groups is 2. The molecule has 0 radical (unpaired) electrons. The molecule has 4 rings (SSSR count). The molecule has 4 N–H and O–H groups in total. The number of phenolic OH excluding ortho intramolecular Hbond substituents is 2. The van der Waals surface area contributed by atoms with Gasteiger partial charge >= 0.3 is 12.1 Å². The number of nitrogens with zero attached hydrogens (tertiary/aromatic N) is 2. The average molecular weight is 497 g/mol. The number of phenols is 2. The van der Waals surface area contributed by atoms with Crippen molar-refractivity contribution in [3.63, 3.8) is 0 Å². The quantitative estimate of drug-likeness (QED) is 0.297. The maximum absolute atomic E-state index is 12.9. The lowest BCUT2D eigenvalue weighted by atomic mass is 9.97. The highest BCUT2D eigenvalue weighted by Gasteiger charge is 2.70. The Morgan fingerprint density at radius 2 is 1.94 bits per heavy atom. The summed E-state index contributed by atoms with van der Waals surface area (Å²) in [5.41, 5.74) is 0.106. The summed E-state index contributed by atoms with van der Waals surface area (Å²) in [4.78, 5) is 50.6. The number of rotatable bonds is 5. The first-order valence-corrected chi connectivity index (χ1v) is 11.9. The number of carboxylic acids is 1. The Kier molecular flexibility index (Phi) is 5.58. The molecule has 3 fully saturated rings. The topological polar surface area (TPSA) is 191 Å². The van der Waals surface area contributed by atoms with Gasteiger partial charge in [0, 0.05) is 24.7 Å². The molecule has 3 heterocycles. The van der Waals surface area contributed by atoms with Crippen LogP contribution in [0, 0.1) is 0 Å². The van der Waals surface area contributed by atoms with Gasteiger partial charge in [-0.05, 0) is 31.5 Å². The second-order valence-corrected chi connectivity index (χ2v) is 11.3. The number of sulfone groups is 1. The Bertz CT molecular complexity index is 1190. The van der Waals surface area contributed by atoms with Crippen molar-refractivity contribution in [1.29, 1.82) is 0 Å². The molecule has 34 heavy (non-hydrogen) atoms. The van der Waals surface area contributed by atoms with Gasteiger partial charge in [0.2, 0.25) is 5.91 Å². The first-order valence-electron chi connectivity index (χ1n) is 10.4. The monoisotopic (exact) mass is 497 g/mol. The Balaban J connectivity index is 1.37. The van der Waals surface area contributed by atoms with Crippen LogP contribution in [0.1, 0.15) is 30.1 Å². The van der Waals surface area contributed by atoms with E-state index in [4.69, 9.17) is 4.74 Å². The van der Waals surface area contributed by atoms with Crippen LogP contribution in [0.25, 0.3) is 0 Å². The van der Waals surface area contributed by atoms with E-state index < -0.39 is 68.3 Å². The van der Waals surface area contributed by atoms with Crippen molar-refractivity contribution in [2.24, 2.45) is 0 Å². The first kappa shape index (κ1) is 23.6. The van der Waals surface area contributed by atoms with E-state index in [1.165, 1.54) is 17.0 Å². The Hall–Kier alpha value is -3.55. The number of ether oxygens (including phenoxy) is 1. The number of benzene rings is 1. The molecule has 4 atom stereocenters. The molecule has 0 aromatic heterocycles. The van der Waals surface area contributed by atoms with Gasteiger partial charge in [0.15, 0.2) is 27.4 Å². The standard InChI is InChI=1S/C20H23N3O10S/c1-20(16(18(28)29)23-14(26)7-15(23)34(20,31)32)9-33-19(30)22-5-4-11(8-22)21-17(27)10-2-3-12(24)13(25)6-10/h2-3,6,11,15-16,24-25H,4-5,7-9H2,1H3,(H,21,27)(H,28,29)/t11?,15-,16+,20+/m1/s1. The molecule has 0 aliphatic carbocycles. The summed E-state index contributed by atoms with van der Waals surface area (Å²) in [5, 5.41) is 29.9. The van der Waals surface area contributed by atoms with Crippen LogP contribution in [-0.2, 0) is 24.2 Å². The van der Waals surface area contributed by atoms with E-state index in [2.05, 4.69) is 5.32 Å². The maximum Gasteiger partial charge on any atom is 0.409 e. The maximum atomic E-state index is 12.9. The van der Waals surface area contributed by atoms with Gasteiger partial charge in [0.1, 0.15) is 16.7 Å². The number of carboxylic acid groups (broad SMARTS) is 1. The SMILES string of the molecule is C[C@]1(COC(=O)N2CCC(NC(=O)c3ccc(O)c(O)c3)C2)[C@H](C(=O)O)N2C(=O)C[C@H]2S1(=O)=O. The molecule has 3 amide bonds. The highest BCUT2D eigenvalue weighted by molar-refractivity contribution is 7.94. The smallest absolute Gasteiger partial charge is 0.409 e. The number of hydrogen-bond acceptors (Lipinski definition) is 9. The summed E-state index contributed by atoms with van der Waals surface area (Å²) in [7, 11) is -4.10. The largest absolute Gasteiger partial charge is 0.504 e. The van der Waals surface area contributed by atoms with Gasteiger partial charge in [-0.25, -0.2) is 18.0 Å². The molecule has 0 bridgehead atoms. The predicted octanol–water partition coefficient (Wildman–Crippen LogP) is -0.763. The number of aliphatic carboxylic acids is 1. The van der Waals surface area contributed by atoms with E-state index in [0.717, 1.165) is 17.9 Å². The Morgan fingerprint density at radius 3 is 2.56 bits per heavy atom. The Morgan fingerprint density at radius 1 is 1.24 bits per heavy atom. The third-order valence-corrected chi connectivity index (χ3v) is 9.30. The van der Waals surface area contributed by atoms with Gasteiger partial charge in [-0.1, -0.05) is 0 Å². The van der Waals surface area contributed by atoms with Crippen LogP contribution in [0.3, 0.4) is 0 Å². The molecule has 3 saturated heterocycles. The van der Waals surface area contributed by atoms with Crippen LogP contribution in [0.15, 0.2) is 18.2 Å². The van der Waals surface area contributed by atoms with Crippen molar-refractivity contribution in [2.75, 3.05) is 19.7 Å². The number of β-lactam (4-membered cyclic amide) rings is 1. The summed E-state index contributed by atoms with van der Waals surface area (Å²) >= 11 is 0. The fraction of sp³-hybridized carbons (Fsp3) is 0.500. The van der Waals surface area contributed by atoms with Crippen LogP contribution < -0.4 is 5.32 Å². The van der Waals surface area contributed by atoms with Gasteiger partial charge in [-0.15, -0.1) is 0 Å². The van der Waals surface area contributed by atoms with Gasteiger partial charge in [0.25, 0.3) is 5.91 Å². The second kappa shape index (κ2) is 8.04. The number of carbonyl (C=O) groups is 4. The molecular formula is C20H23N3O10S. The fourth-order valence-corrected chi connectivity index (χ4v) is 6.82. The predicted molar refractivity (Wildman–Crippen MR) is 113 cm³/mol. The van der Waals surface area contributed by atoms with E-state index in [1.54, 1.807) is 0 Å². The number of nitrogens with one attached hydrogen (secondary N) is 1. The number of likely N-dealkylation sites (tertiary alicyclic amines) is 1. The minimum absolute atomic E-state index is 0.0632. The number of hydrogen-bond donors (Lipinski definition) is 4. The van der Waals surface area contributed by atoms with Crippen molar-refractivity contribution in [3.8, 4) is 11.5 Å². The van der Waals surface area contributed by atoms with Gasteiger partial charge in [0.05, 0.1) is 6.42 Å². The summed E-state index contributed by atoms with van der Waals surface area (Å²) in [6.45, 7) is 0.670. The molecule has 3 aliphatic rings. The minimum Gasteiger partial charge on any atom is -0.504 e. The third kappa shape index (κ3) is 3.57. The van der Waals surface area contributed by atoms with Crippen LogP contribution in [-0.4, -0.2) is 99.3 Å².